The predicted octanol–water partition coefficient (Wildman–Crippen LogP) is 3.05. The van der Waals surface area contributed by atoms with Gasteiger partial charge in [-0.1, -0.05) is 19.9 Å². The molecule has 3 nitrogen and oxygen atoms in total. The van der Waals surface area contributed by atoms with Crippen molar-refractivity contribution in [1.29, 1.82) is 0 Å². The van der Waals surface area contributed by atoms with Gasteiger partial charge in [-0.15, -0.1) is 0 Å². The van der Waals surface area contributed by atoms with Gasteiger partial charge in [0.1, 0.15) is 0 Å². The molecule has 0 radical (unpaired) electrons. The molecule has 0 aliphatic heterocycles. The Morgan fingerprint density at radius 1 is 1.25 bits per heavy atom. The van der Waals surface area contributed by atoms with E-state index in [1.165, 1.54) is 0 Å². The van der Waals surface area contributed by atoms with Crippen molar-refractivity contribution in [3.63, 3.8) is 0 Å². The van der Waals surface area contributed by atoms with E-state index in [0.717, 1.165) is 11.1 Å². The maximum absolute atomic E-state index is 11.5. The van der Waals surface area contributed by atoms with E-state index < -0.39 is 5.97 Å². The van der Waals surface area contributed by atoms with Crippen molar-refractivity contribution in [2.24, 2.45) is 5.92 Å². The van der Waals surface area contributed by atoms with E-state index in [1.54, 1.807) is 12.1 Å². The van der Waals surface area contributed by atoms with Gasteiger partial charge in [0.15, 0.2) is 0 Å². The molecule has 0 saturated carbocycles. The Morgan fingerprint density at radius 3 is 2.50 bits per heavy atom. The van der Waals surface area contributed by atoms with Crippen molar-refractivity contribution in [2.75, 3.05) is 6.61 Å². The molecule has 0 bridgehead atoms. The summed E-state index contributed by atoms with van der Waals surface area (Å²) in [6, 6.07) is 5.44. The second-order valence-electron chi connectivity index (χ2n) is 4.35. The van der Waals surface area contributed by atoms with Crippen LogP contribution in [0.2, 0.25) is 0 Å². The number of aryl methyl sites for hydroxylation is 2. The fraction of sp³-hybridized carbons (Fsp3) is 0.462. The Hall–Kier alpha value is -1.35. The van der Waals surface area contributed by atoms with Crippen LogP contribution in [0.1, 0.15) is 35.3 Å². The third-order valence-corrected chi connectivity index (χ3v) is 2.28. The Labute approximate surface area is 96.3 Å². The summed E-state index contributed by atoms with van der Waals surface area (Å²) in [6.07, 6.45) is 0. The molecule has 0 heterocycles. The first-order valence-electron chi connectivity index (χ1n) is 5.41. The molecule has 3 heteroatoms. The van der Waals surface area contributed by atoms with Crippen LogP contribution in [0.15, 0.2) is 18.2 Å². The molecule has 0 aliphatic rings. The Bertz CT molecular complexity index is 369. The summed E-state index contributed by atoms with van der Waals surface area (Å²) >= 11 is 0. The van der Waals surface area contributed by atoms with Crippen LogP contribution in [-0.2, 0) is 9.78 Å². The molecule has 1 aromatic rings. The number of hydrogen-bond acceptors (Lipinski definition) is 3. The summed E-state index contributed by atoms with van der Waals surface area (Å²) in [5, 5.41) is 0. The number of carbonyl (C=O) groups excluding carboxylic acids is 1. The highest BCUT2D eigenvalue weighted by Crippen LogP contribution is 2.11. The van der Waals surface area contributed by atoms with Gasteiger partial charge in [-0.3, -0.25) is 4.89 Å². The summed E-state index contributed by atoms with van der Waals surface area (Å²) in [6.45, 7) is 8.35. The zero-order chi connectivity index (χ0) is 12.1. The van der Waals surface area contributed by atoms with E-state index in [9.17, 15) is 4.79 Å². The molecule has 88 valence electrons. The average molecular weight is 222 g/mol. The number of hydrogen-bond donors (Lipinski definition) is 0. The van der Waals surface area contributed by atoms with E-state index in [2.05, 4.69) is 0 Å². The van der Waals surface area contributed by atoms with Crippen molar-refractivity contribution in [3.05, 3.63) is 34.9 Å². The van der Waals surface area contributed by atoms with Crippen molar-refractivity contribution in [1.82, 2.24) is 0 Å². The van der Waals surface area contributed by atoms with E-state index in [1.807, 2.05) is 33.8 Å². The van der Waals surface area contributed by atoms with Crippen LogP contribution in [0, 0.1) is 19.8 Å². The van der Waals surface area contributed by atoms with E-state index in [-0.39, 0.29) is 0 Å². The van der Waals surface area contributed by atoms with Crippen molar-refractivity contribution >= 4 is 5.97 Å². The van der Waals surface area contributed by atoms with Crippen molar-refractivity contribution in [2.45, 2.75) is 27.7 Å². The first-order valence-corrected chi connectivity index (χ1v) is 5.41. The molecular formula is C13H18O3. The molecule has 16 heavy (non-hydrogen) atoms. The molecule has 0 N–H and O–H groups in total. The largest absolute Gasteiger partial charge is 0.373 e. The summed E-state index contributed by atoms with van der Waals surface area (Å²) in [7, 11) is 0. The monoisotopic (exact) mass is 222 g/mol. The SMILES string of the molecule is Cc1ccc(C(=O)OOCC(C)C)cc1C. The van der Waals surface area contributed by atoms with Gasteiger partial charge < -0.3 is 0 Å². The second kappa shape index (κ2) is 5.66. The lowest BCUT2D eigenvalue weighted by Crippen LogP contribution is -2.10. The van der Waals surface area contributed by atoms with Crippen LogP contribution in [-0.4, -0.2) is 12.6 Å². The van der Waals surface area contributed by atoms with E-state index >= 15 is 0 Å². The van der Waals surface area contributed by atoms with Gasteiger partial charge in [0, 0.05) is 0 Å². The highest BCUT2D eigenvalue weighted by Gasteiger charge is 2.09. The first kappa shape index (κ1) is 12.7. The van der Waals surface area contributed by atoms with Crippen LogP contribution in [0.4, 0.5) is 0 Å². The van der Waals surface area contributed by atoms with Gasteiger partial charge >= 0.3 is 5.97 Å². The molecule has 0 aliphatic carbocycles. The fourth-order valence-corrected chi connectivity index (χ4v) is 1.14. The summed E-state index contributed by atoms with van der Waals surface area (Å²) in [5.41, 5.74) is 2.74. The molecule has 0 atom stereocenters. The number of carbonyl (C=O) groups is 1. The van der Waals surface area contributed by atoms with Gasteiger partial charge in [0.05, 0.1) is 12.2 Å². The molecule has 0 aromatic heterocycles. The van der Waals surface area contributed by atoms with Crippen LogP contribution < -0.4 is 0 Å². The third-order valence-electron chi connectivity index (χ3n) is 2.28. The molecule has 1 aromatic carbocycles. The molecule has 1 rings (SSSR count). The van der Waals surface area contributed by atoms with Gasteiger partial charge in [0.2, 0.25) is 0 Å². The lowest BCUT2D eigenvalue weighted by molar-refractivity contribution is -0.246. The summed E-state index contributed by atoms with van der Waals surface area (Å²) in [5.74, 6) is -0.101. The topological polar surface area (TPSA) is 35.5 Å². The number of benzene rings is 1. The zero-order valence-corrected chi connectivity index (χ0v) is 10.2. The molecule has 0 amide bonds. The minimum absolute atomic E-state index is 0.340. The predicted molar refractivity (Wildman–Crippen MR) is 62.1 cm³/mol. The molecular weight excluding hydrogens is 204 g/mol. The Morgan fingerprint density at radius 2 is 1.94 bits per heavy atom. The maximum atomic E-state index is 11.5. The fourth-order valence-electron chi connectivity index (χ4n) is 1.14. The quantitative estimate of drug-likeness (QED) is 0.580. The average Bonchev–Trinajstić information content (AvgIpc) is 2.21. The molecule has 0 fully saturated rings. The van der Waals surface area contributed by atoms with Gasteiger partial charge in [-0.05, 0) is 43.0 Å². The van der Waals surface area contributed by atoms with Crippen molar-refractivity contribution in [3.8, 4) is 0 Å². The standard InChI is InChI=1S/C13H18O3/c1-9(2)8-15-16-13(14)12-6-5-10(3)11(4)7-12/h5-7,9H,8H2,1-4H3. The zero-order valence-electron chi connectivity index (χ0n) is 10.2. The lowest BCUT2D eigenvalue weighted by atomic mass is 10.1. The highest BCUT2D eigenvalue weighted by atomic mass is 17.2. The first-order chi connectivity index (χ1) is 7.50. The molecule has 0 spiro atoms. The maximum Gasteiger partial charge on any atom is 0.373 e. The van der Waals surface area contributed by atoms with Gasteiger partial charge in [0.25, 0.3) is 0 Å². The van der Waals surface area contributed by atoms with Gasteiger partial charge in [-0.2, -0.15) is 4.89 Å². The molecule has 0 saturated heterocycles. The summed E-state index contributed by atoms with van der Waals surface area (Å²) < 4.78 is 0. The van der Waals surface area contributed by atoms with Crippen LogP contribution in [0.5, 0.6) is 0 Å². The summed E-state index contributed by atoms with van der Waals surface area (Å²) in [4.78, 5) is 21.1. The van der Waals surface area contributed by atoms with Crippen molar-refractivity contribution < 1.29 is 14.6 Å². The van der Waals surface area contributed by atoms with Gasteiger partial charge in [-0.25, -0.2) is 4.79 Å². The van der Waals surface area contributed by atoms with Crippen LogP contribution in [0.3, 0.4) is 0 Å². The van der Waals surface area contributed by atoms with E-state index in [4.69, 9.17) is 9.78 Å². The smallest absolute Gasteiger partial charge is 0.293 e. The number of rotatable bonds is 4. The van der Waals surface area contributed by atoms with E-state index in [0.29, 0.717) is 18.1 Å². The normalized spacial score (nSPS) is 10.6. The minimum atomic E-state index is -0.441. The minimum Gasteiger partial charge on any atom is -0.293 e. The molecule has 0 unspecified atom stereocenters. The highest BCUT2D eigenvalue weighted by molar-refractivity contribution is 5.89. The van der Waals surface area contributed by atoms with Crippen LogP contribution in [0.25, 0.3) is 0 Å². The second-order valence-corrected chi connectivity index (χ2v) is 4.35. The van der Waals surface area contributed by atoms with Crippen LogP contribution >= 0.6 is 0 Å². The Balaban J connectivity index is 2.56. The lowest BCUT2D eigenvalue weighted by Gasteiger charge is -2.06. The third kappa shape index (κ3) is 3.66. The Kier molecular flexibility index (Phi) is 4.50.